The molecule has 25 heavy (non-hydrogen) atoms. The molecule has 3 rings (SSSR count). The molecule has 4 nitrogen and oxygen atoms in total. The predicted molar refractivity (Wildman–Crippen MR) is 107 cm³/mol. The van der Waals surface area contributed by atoms with Gasteiger partial charge in [-0.15, -0.1) is 0 Å². The first kappa shape index (κ1) is 19.6. The van der Waals surface area contributed by atoms with E-state index in [-0.39, 0.29) is 0 Å². The number of likely N-dealkylation sites (tertiary alicyclic amines) is 2. The Morgan fingerprint density at radius 3 is 1.68 bits per heavy atom. The van der Waals surface area contributed by atoms with E-state index in [9.17, 15) is 0 Å². The second kappa shape index (κ2) is 7.46. The van der Waals surface area contributed by atoms with Crippen molar-refractivity contribution >= 4 is 0 Å². The summed E-state index contributed by atoms with van der Waals surface area (Å²) in [7, 11) is 0. The van der Waals surface area contributed by atoms with Crippen molar-refractivity contribution in [2.24, 2.45) is 5.41 Å². The van der Waals surface area contributed by atoms with Crippen LogP contribution in [-0.2, 0) is 0 Å². The minimum Gasteiger partial charge on any atom is -0.300 e. The number of piperazine rings is 1. The molecule has 3 fully saturated rings. The highest BCUT2D eigenvalue weighted by Crippen LogP contribution is 2.26. The SMILES string of the molecule is CC(C)(C)CN1CC(N2CCC(N3CCN(C(C)(C)C)CC3)CC2)C1. The molecule has 3 aliphatic rings. The molecular formula is C21H42N4. The lowest BCUT2D eigenvalue weighted by molar-refractivity contribution is -0.0191. The third kappa shape index (κ3) is 5.18. The number of nitrogens with zero attached hydrogens (tertiary/aromatic N) is 4. The lowest BCUT2D eigenvalue weighted by Gasteiger charge is -2.51. The van der Waals surface area contributed by atoms with Crippen LogP contribution in [0, 0.1) is 5.41 Å². The fourth-order valence-corrected chi connectivity index (χ4v) is 4.95. The van der Waals surface area contributed by atoms with Crippen LogP contribution in [0.3, 0.4) is 0 Å². The van der Waals surface area contributed by atoms with Crippen LogP contribution >= 0.6 is 0 Å². The molecule has 0 aromatic rings. The lowest BCUT2D eigenvalue weighted by atomic mass is 9.92. The van der Waals surface area contributed by atoms with Gasteiger partial charge in [-0.2, -0.15) is 0 Å². The summed E-state index contributed by atoms with van der Waals surface area (Å²) in [5.74, 6) is 0. The third-order valence-corrected chi connectivity index (χ3v) is 6.43. The molecule has 0 amide bonds. The molecule has 0 aromatic carbocycles. The average molecular weight is 351 g/mol. The van der Waals surface area contributed by atoms with Gasteiger partial charge in [-0.05, 0) is 39.0 Å². The Morgan fingerprint density at radius 2 is 1.20 bits per heavy atom. The second-order valence-electron chi connectivity index (χ2n) is 10.9. The molecule has 0 N–H and O–H groups in total. The Kier molecular flexibility index (Phi) is 5.85. The van der Waals surface area contributed by atoms with Crippen molar-refractivity contribution in [2.75, 3.05) is 58.9 Å². The lowest BCUT2D eigenvalue weighted by Crippen LogP contribution is -2.63. The summed E-state index contributed by atoms with van der Waals surface area (Å²) >= 11 is 0. The minimum atomic E-state index is 0.332. The van der Waals surface area contributed by atoms with Gasteiger partial charge in [-0.3, -0.25) is 19.6 Å². The standard InChI is InChI=1S/C21H42N4/c1-20(2,3)17-22-15-19(16-22)23-9-7-18(8-10-23)24-11-13-25(14-12-24)21(4,5)6/h18-19H,7-17H2,1-6H3. The number of piperidine rings is 1. The van der Waals surface area contributed by atoms with Gasteiger partial charge in [0.15, 0.2) is 0 Å². The topological polar surface area (TPSA) is 13.0 Å². The summed E-state index contributed by atoms with van der Waals surface area (Å²) in [6.07, 6.45) is 2.76. The molecule has 0 saturated carbocycles. The highest BCUT2D eigenvalue weighted by molar-refractivity contribution is 4.93. The van der Waals surface area contributed by atoms with E-state index in [2.05, 4.69) is 61.1 Å². The monoisotopic (exact) mass is 350 g/mol. The van der Waals surface area contributed by atoms with Crippen LogP contribution in [0.2, 0.25) is 0 Å². The van der Waals surface area contributed by atoms with Gasteiger partial charge in [0.2, 0.25) is 0 Å². The first-order valence-corrected chi connectivity index (χ1v) is 10.6. The van der Waals surface area contributed by atoms with Crippen LogP contribution in [0.25, 0.3) is 0 Å². The maximum atomic E-state index is 2.78. The molecule has 0 unspecified atom stereocenters. The van der Waals surface area contributed by atoms with Crippen molar-refractivity contribution in [3.05, 3.63) is 0 Å². The number of rotatable bonds is 3. The Bertz CT molecular complexity index is 414. The molecule has 3 heterocycles. The van der Waals surface area contributed by atoms with Crippen molar-refractivity contribution < 1.29 is 0 Å². The van der Waals surface area contributed by atoms with Gasteiger partial charge in [-0.1, -0.05) is 20.8 Å². The summed E-state index contributed by atoms with van der Waals surface area (Å²) in [4.78, 5) is 10.9. The zero-order valence-corrected chi connectivity index (χ0v) is 17.7. The summed E-state index contributed by atoms with van der Waals surface area (Å²) in [5.41, 5.74) is 0.770. The van der Waals surface area contributed by atoms with E-state index in [0.29, 0.717) is 11.0 Å². The molecule has 0 aromatic heterocycles. The first-order valence-electron chi connectivity index (χ1n) is 10.6. The second-order valence-corrected chi connectivity index (χ2v) is 10.9. The molecule has 0 spiro atoms. The van der Waals surface area contributed by atoms with E-state index in [1.807, 2.05) is 0 Å². The fraction of sp³-hybridized carbons (Fsp3) is 1.00. The molecule has 0 atom stereocenters. The van der Waals surface area contributed by atoms with Gasteiger partial charge in [0.25, 0.3) is 0 Å². The maximum absolute atomic E-state index is 2.78. The molecule has 0 bridgehead atoms. The van der Waals surface area contributed by atoms with Gasteiger partial charge in [-0.25, -0.2) is 0 Å². The van der Waals surface area contributed by atoms with E-state index in [1.165, 1.54) is 71.7 Å². The van der Waals surface area contributed by atoms with Crippen LogP contribution in [0.15, 0.2) is 0 Å². The van der Waals surface area contributed by atoms with Crippen molar-refractivity contribution in [2.45, 2.75) is 72.0 Å². The fourth-order valence-electron chi connectivity index (χ4n) is 4.95. The zero-order chi connectivity index (χ0) is 18.2. The summed E-state index contributed by atoms with van der Waals surface area (Å²) in [6.45, 7) is 25.6. The van der Waals surface area contributed by atoms with Gasteiger partial charge in [0, 0.05) is 76.5 Å². The van der Waals surface area contributed by atoms with Crippen molar-refractivity contribution in [1.82, 2.24) is 19.6 Å². The Labute approximate surface area is 156 Å². The smallest absolute Gasteiger partial charge is 0.0350 e. The third-order valence-electron chi connectivity index (χ3n) is 6.43. The summed E-state index contributed by atoms with van der Waals surface area (Å²) in [5, 5.41) is 0. The van der Waals surface area contributed by atoms with Gasteiger partial charge < -0.3 is 0 Å². The van der Waals surface area contributed by atoms with Crippen molar-refractivity contribution in [3.63, 3.8) is 0 Å². The molecular weight excluding hydrogens is 308 g/mol. The minimum absolute atomic E-state index is 0.332. The number of hydrogen-bond acceptors (Lipinski definition) is 4. The van der Waals surface area contributed by atoms with Crippen LogP contribution in [0.5, 0.6) is 0 Å². The Morgan fingerprint density at radius 1 is 0.680 bits per heavy atom. The van der Waals surface area contributed by atoms with Crippen LogP contribution < -0.4 is 0 Å². The molecule has 146 valence electrons. The molecule has 4 heteroatoms. The van der Waals surface area contributed by atoms with Crippen LogP contribution in [-0.4, -0.2) is 96.1 Å². The maximum Gasteiger partial charge on any atom is 0.0350 e. The molecule has 3 saturated heterocycles. The Hall–Kier alpha value is -0.160. The van der Waals surface area contributed by atoms with Crippen LogP contribution in [0.4, 0.5) is 0 Å². The number of hydrogen-bond donors (Lipinski definition) is 0. The first-order chi connectivity index (χ1) is 11.6. The van der Waals surface area contributed by atoms with E-state index in [1.54, 1.807) is 0 Å². The summed E-state index contributed by atoms with van der Waals surface area (Å²) in [6, 6.07) is 1.67. The van der Waals surface area contributed by atoms with Gasteiger partial charge in [0.1, 0.15) is 0 Å². The normalized spacial score (nSPS) is 27.6. The van der Waals surface area contributed by atoms with Gasteiger partial charge in [0.05, 0.1) is 0 Å². The highest BCUT2D eigenvalue weighted by Gasteiger charge is 2.37. The van der Waals surface area contributed by atoms with Crippen molar-refractivity contribution in [1.29, 1.82) is 0 Å². The van der Waals surface area contributed by atoms with Gasteiger partial charge >= 0.3 is 0 Å². The van der Waals surface area contributed by atoms with E-state index in [4.69, 9.17) is 0 Å². The summed E-state index contributed by atoms with van der Waals surface area (Å²) < 4.78 is 0. The molecule has 0 aliphatic carbocycles. The zero-order valence-electron chi connectivity index (χ0n) is 17.7. The Balaban J connectivity index is 1.36. The molecule has 3 aliphatic heterocycles. The van der Waals surface area contributed by atoms with E-state index in [0.717, 1.165) is 12.1 Å². The quantitative estimate of drug-likeness (QED) is 0.775. The van der Waals surface area contributed by atoms with Crippen molar-refractivity contribution in [3.8, 4) is 0 Å². The van der Waals surface area contributed by atoms with E-state index < -0.39 is 0 Å². The highest BCUT2D eigenvalue weighted by atomic mass is 15.3. The molecule has 0 radical (unpaired) electrons. The largest absolute Gasteiger partial charge is 0.300 e. The van der Waals surface area contributed by atoms with Crippen LogP contribution in [0.1, 0.15) is 54.4 Å². The van der Waals surface area contributed by atoms with E-state index >= 15 is 0 Å². The predicted octanol–water partition coefficient (Wildman–Crippen LogP) is 2.60. The average Bonchev–Trinajstić information content (AvgIpc) is 2.49.